The van der Waals surface area contributed by atoms with Crippen LogP contribution in [-0.2, 0) is 19.1 Å². The fourth-order valence-electron chi connectivity index (χ4n) is 3.17. The maximum atomic E-state index is 12.9. The third-order valence-electron chi connectivity index (χ3n) is 5.25. The summed E-state index contributed by atoms with van der Waals surface area (Å²) in [4.78, 5) is 51.0. The number of nitrogens with zero attached hydrogens (tertiary/aromatic N) is 1. The molecule has 2 aromatic rings. The van der Waals surface area contributed by atoms with Gasteiger partial charge in [0.2, 0.25) is 6.10 Å². The third kappa shape index (κ3) is 4.91. The quantitative estimate of drug-likeness (QED) is 0.526. The first-order valence-corrected chi connectivity index (χ1v) is 9.99. The Morgan fingerprint density at radius 3 is 2.32 bits per heavy atom. The van der Waals surface area contributed by atoms with Gasteiger partial charge in [-0.25, -0.2) is 4.79 Å². The molecule has 0 spiro atoms. The van der Waals surface area contributed by atoms with E-state index in [-0.39, 0.29) is 0 Å². The molecule has 4 amide bonds. The third-order valence-corrected chi connectivity index (χ3v) is 5.25. The van der Waals surface area contributed by atoms with Crippen molar-refractivity contribution in [2.45, 2.75) is 38.8 Å². The molecule has 1 heterocycles. The molecule has 1 aliphatic rings. The molecule has 0 aromatic heterocycles. The van der Waals surface area contributed by atoms with Gasteiger partial charge in [-0.05, 0) is 32.4 Å². The highest BCUT2D eigenvalue weighted by Crippen LogP contribution is 2.23. The fourth-order valence-corrected chi connectivity index (χ4v) is 3.17. The topological polar surface area (TPSA) is 105 Å². The van der Waals surface area contributed by atoms with Crippen molar-refractivity contribution in [2.75, 3.05) is 11.9 Å². The average Bonchev–Trinajstić information content (AvgIpc) is 2.97. The van der Waals surface area contributed by atoms with Crippen LogP contribution >= 0.6 is 0 Å². The number of aryl methyl sites for hydroxylation is 1. The van der Waals surface area contributed by atoms with Gasteiger partial charge < -0.3 is 15.4 Å². The van der Waals surface area contributed by atoms with Crippen molar-refractivity contribution in [3.63, 3.8) is 0 Å². The Bertz CT molecular complexity index is 990. The van der Waals surface area contributed by atoms with E-state index in [1.807, 2.05) is 19.1 Å². The summed E-state index contributed by atoms with van der Waals surface area (Å²) in [6.07, 6.45) is -0.859. The van der Waals surface area contributed by atoms with E-state index in [0.717, 1.165) is 10.5 Å². The minimum atomic E-state index is -1.24. The second kappa shape index (κ2) is 8.99. The van der Waals surface area contributed by atoms with Crippen LogP contribution in [0.5, 0.6) is 0 Å². The summed E-state index contributed by atoms with van der Waals surface area (Å²) in [5.74, 6) is -1.91. The largest absolute Gasteiger partial charge is 0.446 e. The van der Waals surface area contributed by atoms with E-state index < -0.39 is 42.0 Å². The van der Waals surface area contributed by atoms with Gasteiger partial charge in [-0.3, -0.25) is 19.3 Å². The zero-order chi connectivity index (χ0) is 22.6. The number of rotatable bonds is 7. The molecule has 3 rings (SSSR count). The summed E-state index contributed by atoms with van der Waals surface area (Å²) >= 11 is 0. The molecule has 2 N–H and O–H groups in total. The maximum Gasteiger partial charge on any atom is 0.327 e. The van der Waals surface area contributed by atoms with Crippen LogP contribution in [0.4, 0.5) is 10.5 Å². The van der Waals surface area contributed by atoms with Crippen molar-refractivity contribution in [3.8, 4) is 0 Å². The average molecular weight is 423 g/mol. The summed E-state index contributed by atoms with van der Waals surface area (Å²) in [7, 11) is 0. The first-order valence-electron chi connectivity index (χ1n) is 9.99. The van der Waals surface area contributed by atoms with Gasteiger partial charge in [-0.2, -0.15) is 0 Å². The number of benzene rings is 2. The van der Waals surface area contributed by atoms with E-state index in [4.69, 9.17) is 4.74 Å². The van der Waals surface area contributed by atoms with Crippen LogP contribution in [0, 0.1) is 6.92 Å². The van der Waals surface area contributed by atoms with E-state index in [0.29, 0.717) is 17.7 Å². The van der Waals surface area contributed by atoms with Crippen LogP contribution in [-0.4, -0.2) is 40.8 Å². The molecule has 0 aliphatic carbocycles. The summed E-state index contributed by atoms with van der Waals surface area (Å²) < 4.78 is 5.43. The van der Waals surface area contributed by atoms with Gasteiger partial charge in [0, 0.05) is 11.3 Å². The van der Waals surface area contributed by atoms with E-state index in [1.165, 1.54) is 0 Å². The van der Waals surface area contributed by atoms with Gasteiger partial charge in [0.25, 0.3) is 11.8 Å². The molecule has 1 saturated heterocycles. The molecule has 2 atom stereocenters. The zero-order valence-corrected chi connectivity index (χ0v) is 17.7. The number of ether oxygens (including phenoxy) is 1. The normalized spacial score (nSPS) is 19.0. The lowest BCUT2D eigenvalue weighted by Gasteiger charge is -2.21. The zero-order valence-electron chi connectivity index (χ0n) is 17.7. The van der Waals surface area contributed by atoms with Gasteiger partial charge in [0.1, 0.15) is 12.1 Å². The summed E-state index contributed by atoms with van der Waals surface area (Å²) in [6, 6.07) is 15.1. The molecule has 1 aliphatic heterocycles. The van der Waals surface area contributed by atoms with E-state index in [1.54, 1.807) is 56.3 Å². The molecule has 0 saturated carbocycles. The number of carbonyl (C=O) groups is 4. The van der Waals surface area contributed by atoms with Crippen LogP contribution in [0.1, 0.15) is 37.5 Å². The number of esters is 1. The van der Waals surface area contributed by atoms with Crippen LogP contribution in [0.3, 0.4) is 0 Å². The minimum Gasteiger partial charge on any atom is -0.446 e. The number of urea groups is 1. The Labute approximate surface area is 180 Å². The summed E-state index contributed by atoms with van der Waals surface area (Å²) in [5, 5.41) is 5.31. The van der Waals surface area contributed by atoms with E-state index >= 15 is 0 Å². The monoisotopic (exact) mass is 423 g/mol. The van der Waals surface area contributed by atoms with Gasteiger partial charge in [0.05, 0.1) is 0 Å². The second-order valence-electron chi connectivity index (χ2n) is 7.64. The van der Waals surface area contributed by atoms with Crippen LogP contribution in [0.2, 0.25) is 0 Å². The number of hydrogen-bond acceptors (Lipinski definition) is 5. The SMILES string of the molecule is CC[C@]1(C)NC(=O)N(CC(=O)O[C@H](C(=O)Nc2ccc(C)cc2)c2ccccc2)C1=O. The van der Waals surface area contributed by atoms with Gasteiger partial charge in [-0.1, -0.05) is 55.0 Å². The van der Waals surface area contributed by atoms with E-state index in [2.05, 4.69) is 10.6 Å². The number of hydrogen-bond donors (Lipinski definition) is 2. The predicted molar refractivity (Wildman–Crippen MR) is 114 cm³/mol. The van der Waals surface area contributed by atoms with Crippen molar-refractivity contribution >= 4 is 29.5 Å². The van der Waals surface area contributed by atoms with Crippen molar-refractivity contribution in [1.29, 1.82) is 0 Å². The number of imide groups is 1. The van der Waals surface area contributed by atoms with Crippen LogP contribution in [0.25, 0.3) is 0 Å². The van der Waals surface area contributed by atoms with Crippen LogP contribution in [0.15, 0.2) is 54.6 Å². The lowest BCUT2D eigenvalue weighted by molar-refractivity contribution is -0.156. The Morgan fingerprint density at radius 1 is 1.10 bits per heavy atom. The minimum absolute atomic E-state index is 0.384. The lowest BCUT2D eigenvalue weighted by Crippen LogP contribution is -2.43. The molecule has 0 unspecified atom stereocenters. The Balaban J connectivity index is 1.75. The maximum absolute atomic E-state index is 12.9. The Kier molecular flexibility index (Phi) is 6.39. The summed E-state index contributed by atoms with van der Waals surface area (Å²) in [5.41, 5.74) is 1.01. The van der Waals surface area contributed by atoms with E-state index in [9.17, 15) is 19.2 Å². The molecule has 162 valence electrons. The standard InChI is InChI=1S/C23H25N3O5/c1-4-23(3)21(29)26(22(30)25-23)14-18(27)31-19(16-8-6-5-7-9-16)20(28)24-17-12-10-15(2)11-13-17/h5-13,19H,4,14H2,1-3H3,(H,24,28)(H,25,30)/t19-,23-/m0/s1. The van der Waals surface area contributed by atoms with Gasteiger partial charge in [0.15, 0.2) is 0 Å². The van der Waals surface area contributed by atoms with Crippen LogP contribution < -0.4 is 10.6 Å². The molecule has 8 nitrogen and oxygen atoms in total. The van der Waals surface area contributed by atoms with Crippen molar-refractivity contribution < 1.29 is 23.9 Å². The lowest BCUT2D eigenvalue weighted by atomic mass is 9.99. The number of anilines is 1. The van der Waals surface area contributed by atoms with Gasteiger partial charge >= 0.3 is 12.0 Å². The molecule has 2 aromatic carbocycles. The Hall–Kier alpha value is -3.68. The number of nitrogens with one attached hydrogen (secondary N) is 2. The fraction of sp³-hybridized carbons (Fsp3) is 0.304. The molecule has 8 heteroatoms. The highest BCUT2D eigenvalue weighted by molar-refractivity contribution is 6.08. The van der Waals surface area contributed by atoms with Crippen molar-refractivity contribution in [1.82, 2.24) is 10.2 Å². The first kappa shape index (κ1) is 22.0. The molecule has 0 radical (unpaired) electrons. The first-order chi connectivity index (χ1) is 14.7. The predicted octanol–water partition coefficient (Wildman–Crippen LogP) is 2.94. The Morgan fingerprint density at radius 2 is 1.74 bits per heavy atom. The highest BCUT2D eigenvalue weighted by Gasteiger charge is 2.47. The smallest absolute Gasteiger partial charge is 0.327 e. The number of carbonyl (C=O) groups excluding carboxylic acids is 4. The number of amides is 4. The molecule has 0 bridgehead atoms. The molecular formula is C23H25N3O5. The molecule has 1 fully saturated rings. The second-order valence-corrected chi connectivity index (χ2v) is 7.64. The van der Waals surface area contributed by atoms with Gasteiger partial charge in [-0.15, -0.1) is 0 Å². The van der Waals surface area contributed by atoms with Crippen molar-refractivity contribution in [2.24, 2.45) is 0 Å². The molecular weight excluding hydrogens is 398 g/mol. The highest BCUT2D eigenvalue weighted by atomic mass is 16.5. The summed E-state index contributed by atoms with van der Waals surface area (Å²) in [6.45, 7) is 4.71. The van der Waals surface area contributed by atoms with Crippen molar-refractivity contribution in [3.05, 3.63) is 65.7 Å². The molecule has 31 heavy (non-hydrogen) atoms.